The molecule has 6 heteroatoms. The van der Waals surface area contributed by atoms with Gasteiger partial charge in [0.2, 0.25) is 0 Å². The molecule has 0 aliphatic heterocycles. The minimum absolute atomic E-state index is 0.0102. The number of benzene rings is 1. The average molecular weight is 423 g/mol. The lowest BCUT2D eigenvalue weighted by Gasteiger charge is -2.23. The van der Waals surface area contributed by atoms with Crippen molar-refractivity contribution in [1.82, 2.24) is 14.9 Å². The van der Waals surface area contributed by atoms with Crippen LogP contribution in [0.5, 0.6) is 0 Å². The van der Waals surface area contributed by atoms with Crippen LogP contribution >= 0.6 is 0 Å². The van der Waals surface area contributed by atoms with Crippen LogP contribution in [0.25, 0.3) is 0 Å². The maximum absolute atomic E-state index is 13.0. The molecule has 0 unspecified atom stereocenters. The Bertz CT molecular complexity index is 923. The average Bonchev–Trinajstić information content (AvgIpc) is 3.53. The molecule has 1 aromatic carbocycles. The number of aryl methyl sites for hydroxylation is 1. The van der Waals surface area contributed by atoms with Gasteiger partial charge in [0.05, 0.1) is 6.54 Å². The molecule has 1 saturated carbocycles. The van der Waals surface area contributed by atoms with E-state index in [0.717, 1.165) is 47.9 Å². The Hall–Kier alpha value is -2.60. The predicted octanol–water partition coefficient (Wildman–Crippen LogP) is 3.86. The van der Waals surface area contributed by atoms with E-state index in [1.165, 1.54) is 19.2 Å². The molecule has 1 fully saturated rings. The van der Waals surface area contributed by atoms with E-state index in [0.29, 0.717) is 25.2 Å². The maximum Gasteiger partial charge on any atom is 0.185 e. The van der Waals surface area contributed by atoms with Crippen LogP contribution < -0.4 is 4.90 Å². The Labute approximate surface area is 185 Å². The summed E-state index contributed by atoms with van der Waals surface area (Å²) >= 11 is 0. The van der Waals surface area contributed by atoms with Crippen molar-refractivity contribution in [1.29, 1.82) is 0 Å². The Morgan fingerprint density at radius 1 is 1.16 bits per heavy atom. The number of Topliss-reactive ketones (excluding diaryl/α,β-unsaturated/α-hetero) is 2. The van der Waals surface area contributed by atoms with Crippen molar-refractivity contribution in [3.63, 3.8) is 0 Å². The number of hydrogen-bond donors (Lipinski definition) is 0. The molecule has 0 radical (unpaired) electrons. The minimum atomic E-state index is 0.0102. The Morgan fingerprint density at radius 2 is 1.94 bits per heavy atom. The predicted molar refractivity (Wildman–Crippen MR) is 123 cm³/mol. The van der Waals surface area contributed by atoms with Gasteiger partial charge < -0.3 is 4.90 Å². The van der Waals surface area contributed by atoms with Crippen molar-refractivity contribution >= 4 is 17.4 Å². The van der Waals surface area contributed by atoms with Crippen molar-refractivity contribution in [2.45, 2.75) is 53.0 Å². The van der Waals surface area contributed by atoms with Gasteiger partial charge in [-0.3, -0.25) is 14.5 Å². The van der Waals surface area contributed by atoms with E-state index in [1.54, 1.807) is 6.92 Å². The molecule has 0 N–H and O–H groups in total. The first-order valence-corrected chi connectivity index (χ1v) is 11.2. The van der Waals surface area contributed by atoms with Crippen molar-refractivity contribution in [3.8, 4) is 0 Å². The van der Waals surface area contributed by atoms with Gasteiger partial charge in [0, 0.05) is 32.1 Å². The summed E-state index contributed by atoms with van der Waals surface area (Å²) in [5.41, 5.74) is 3.70. The molecule has 0 saturated heterocycles. The van der Waals surface area contributed by atoms with Gasteiger partial charge in [-0.15, -0.1) is 0 Å². The fraction of sp³-hybridized carbons (Fsp3) is 0.520. The third kappa shape index (κ3) is 6.96. The highest BCUT2D eigenvalue weighted by Crippen LogP contribution is 2.31. The highest BCUT2D eigenvalue weighted by atomic mass is 16.1. The summed E-state index contributed by atoms with van der Waals surface area (Å²) in [5, 5.41) is 0. The number of hydrogen-bond acceptors (Lipinski definition) is 6. The number of likely N-dealkylation sites (N-methyl/N-ethyl adjacent to an activating group) is 1. The first kappa shape index (κ1) is 23.1. The second kappa shape index (κ2) is 10.6. The number of rotatable bonds is 12. The summed E-state index contributed by atoms with van der Waals surface area (Å²) in [6.07, 6.45) is 5.46. The zero-order chi connectivity index (χ0) is 22.4. The van der Waals surface area contributed by atoms with Gasteiger partial charge in [-0.1, -0.05) is 25.1 Å². The number of ketones is 2. The lowest BCUT2D eigenvalue weighted by molar-refractivity contribution is -0.117. The van der Waals surface area contributed by atoms with Gasteiger partial charge in [-0.2, -0.15) is 0 Å². The number of nitrogens with zero attached hydrogens (tertiary/aromatic N) is 4. The molecular weight excluding hydrogens is 388 g/mol. The van der Waals surface area contributed by atoms with Crippen LogP contribution in [0.3, 0.4) is 0 Å². The Balaban J connectivity index is 1.67. The van der Waals surface area contributed by atoms with E-state index in [1.807, 2.05) is 37.1 Å². The molecule has 166 valence electrons. The summed E-state index contributed by atoms with van der Waals surface area (Å²) < 4.78 is 0. The standard InChI is InChI=1S/C25H34N4O2/c1-5-10-29(16-20-6-7-20)25-13-23(26-17-27-25)24(31)12-22-9-8-21(11-18(22)2)15-28(4)14-19(3)30/h8-9,11,13,17,20H,5-7,10,12,14-16H2,1-4H3. The molecule has 1 heterocycles. The van der Waals surface area contributed by atoms with E-state index in [2.05, 4.69) is 27.9 Å². The third-order valence-electron chi connectivity index (χ3n) is 5.63. The van der Waals surface area contributed by atoms with E-state index in [9.17, 15) is 9.59 Å². The normalized spacial score (nSPS) is 13.5. The Morgan fingerprint density at radius 3 is 2.58 bits per heavy atom. The van der Waals surface area contributed by atoms with E-state index < -0.39 is 0 Å². The summed E-state index contributed by atoms with van der Waals surface area (Å²) in [6, 6.07) is 8.00. The van der Waals surface area contributed by atoms with Crippen molar-refractivity contribution in [2.75, 3.05) is 31.6 Å². The molecule has 1 aliphatic rings. The number of anilines is 1. The first-order chi connectivity index (χ1) is 14.9. The van der Waals surface area contributed by atoms with Gasteiger partial charge in [-0.25, -0.2) is 9.97 Å². The quantitative estimate of drug-likeness (QED) is 0.484. The number of carbonyl (C=O) groups is 2. The molecule has 0 amide bonds. The SMILES string of the molecule is CCCN(CC1CC1)c1cc(C(=O)Cc2ccc(CN(C)CC(C)=O)cc2C)ncn1. The molecule has 0 spiro atoms. The molecule has 0 bridgehead atoms. The molecule has 6 nitrogen and oxygen atoms in total. The fourth-order valence-electron chi connectivity index (χ4n) is 3.92. The molecule has 2 aromatic rings. The fourth-order valence-corrected chi connectivity index (χ4v) is 3.92. The van der Waals surface area contributed by atoms with Gasteiger partial charge in [0.15, 0.2) is 5.78 Å². The van der Waals surface area contributed by atoms with E-state index in [4.69, 9.17) is 0 Å². The summed E-state index contributed by atoms with van der Waals surface area (Å²) in [6.45, 7) is 8.89. The van der Waals surface area contributed by atoms with Crippen LogP contribution in [-0.2, 0) is 17.8 Å². The minimum Gasteiger partial charge on any atom is -0.356 e. The summed E-state index contributed by atoms with van der Waals surface area (Å²) in [5.74, 6) is 1.78. The summed E-state index contributed by atoms with van der Waals surface area (Å²) in [4.78, 5) is 37.2. The van der Waals surface area contributed by atoms with Gasteiger partial charge in [-0.05, 0) is 62.8 Å². The van der Waals surface area contributed by atoms with Crippen molar-refractivity contribution < 1.29 is 9.59 Å². The lowest BCUT2D eigenvalue weighted by Crippen LogP contribution is -2.27. The topological polar surface area (TPSA) is 66.4 Å². The monoisotopic (exact) mass is 422 g/mol. The van der Waals surface area contributed by atoms with Crippen molar-refractivity contribution in [3.05, 3.63) is 53.0 Å². The number of carbonyl (C=O) groups excluding carboxylic acids is 2. The molecule has 1 aromatic heterocycles. The maximum atomic E-state index is 13.0. The highest BCUT2D eigenvalue weighted by Gasteiger charge is 2.25. The number of aromatic nitrogens is 2. The van der Waals surface area contributed by atoms with Gasteiger partial charge >= 0.3 is 0 Å². The molecular formula is C25H34N4O2. The van der Waals surface area contributed by atoms with Crippen LogP contribution in [0.15, 0.2) is 30.6 Å². The smallest absolute Gasteiger partial charge is 0.185 e. The zero-order valence-corrected chi connectivity index (χ0v) is 19.2. The lowest BCUT2D eigenvalue weighted by atomic mass is 9.99. The van der Waals surface area contributed by atoms with E-state index >= 15 is 0 Å². The third-order valence-corrected chi connectivity index (χ3v) is 5.63. The van der Waals surface area contributed by atoms with Crippen LogP contribution in [0.4, 0.5) is 5.82 Å². The molecule has 1 aliphatic carbocycles. The summed E-state index contributed by atoms with van der Waals surface area (Å²) in [7, 11) is 1.94. The van der Waals surface area contributed by atoms with Crippen molar-refractivity contribution in [2.24, 2.45) is 5.92 Å². The van der Waals surface area contributed by atoms with Gasteiger partial charge in [0.25, 0.3) is 0 Å². The van der Waals surface area contributed by atoms with Crippen LogP contribution in [0.2, 0.25) is 0 Å². The second-order valence-electron chi connectivity index (χ2n) is 8.89. The second-order valence-corrected chi connectivity index (χ2v) is 8.89. The van der Waals surface area contributed by atoms with Crippen LogP contribution in [0.1, 0.15) is 60.3 Å². The van der Waals surface area contributed by atoms with Crippen LogP contribution in [0, 0.1) is 12.8 Å². The zero-order valence-electron chi connectivity index (χ0n) is 19.2. The van der Waals surface area contributed by atoms with Gasteiger partial charge in [0.1, 0.15) is 23.6 Å². The highest BCUT2D eigenvalue weighted by molar-refractivity contribution is 5.96. The molecule has 0 atom stereocenters. The largest absolute Gasteiger partial charge is 0.356 e. The first-order valence-electron chi connectivity index (χ1n) is 11.2. The van der Waals surface area contributed by atoms with E-state index in [-0.39, 0.29) is 11.6 Å². The molecule has 31 heavy (non-hydrogen) atoms. The van der Waals surface area contributed by atoms with Crippen LogP contribution in [-0.4, -0.2) is 53.1 Å². The Kier molecular flexibility index (Phi) is 7.91. The molecule has 3 rings (SSSR count).